The highest BCUT2D eigenvalue weighted by Crippen LogP contribution is 2.41. The average molecular weight is 1300 g/mol. The average Bonchev–Trinajstić information content (AvgIpc) is 0.951. The summed E-state index contributed by atoms with van der Waals surface area (Å²) in [5, 5.41) is 2.78. The number of esters is 4. The summed E-state index contributed by atoms with van der Waals surface area (Å²) in [5.74, 6) is -2.54. The van der Waals surface area contributed by atoms with Gasteiger partial charge in [0.05, 0.1) is 76.7 Å². The summed E-state index contributed by atoms with van der Waals surface area (Å²) in [5.41, 5.74) is 7.93. The van der Waals surface area contributed by atoms with Gasteiger partial charge in [-0.05, 0) is 111 Å². The number of amides is 3. The smallest absolute Gasteiger partial charge is 0.411 e. The maximum Gasteiger partial charge on any atom is 0.411 e. The molecule has 0 saturated carbocycles. The molecule has 3 heterocycles. The second-order valence-electron chi connectivity index (χ2n) is 25.8. The van der Waals surface area contributed by atoms with Crippen molar-refractivity contribution in [3.8, 4) is 28.7 Å². The molecule has 3 aromatic carbocycles. The monoisotopic (exact) mass is 1290 g/mol. The Kier molecular flexibility index (Phi) is 25.0. The van der Waals surface area contributed by atoms with Crippen LogP contribution >= 0.6 is 0 Å². The van der Waals surface area contributed by atoms with Crippen LogP contribution in [0.5, 0.6) is 28.7 Å². The standard InChI is InChI=1S/C64H94N4O20Si2/c1-39(69)84-54-55(85-40(2)70)57(86-41(3)71)61(88-56(54)60(74)78-12)87-45-26-24-42(25-27-45)36-81-62(75)66-49-35-53(51(77-11)33-47(49)59(73)68-29-21-23-44(68)38-83-90(15,16)64(7,8)9)80-31-19-17-18-30-79-52-34-48(65)46(32-50(52)76-10)58(72)67-28-20-22-43(67)37-82-89(13,14)63(4,5)6/h24-27,32-35,43-44,54-57,61H,17-23,28-31,36-38,65H2,1-16H3,(H,66,75)/t43-,44-,54-,55-,56-,57+,61+/m0/s1. The van der Waals surface area contributed by atoms with E-state index in [9.17, 15) is 33.6 Å². The second-order valence-corrected chi connectivity index (χ2v) is 35.4. The van der Waals surface area contributed by atoms with E-state index >= 15 is 0 Å². The number of methoxy groups -OCH3 is 3. The van der Waals surface area contributed by atoms with Crippen LogP contribution in [0.2, 0.25) is 36.3 Å². The molecule has 0 aromatic heterocycles. The Morgan fingerprint density at radius 3 is 1.59 bits per heavy atom. The third-order valence-electron chi connectivity index (χ3n) is 17.2. The highest BCUT2D eigenvalue weighted by molar-refractivity contribution is 6.74. The number of unbranched alkanes of at least 4 members (excludes halogenated alkanes) is 2. The molecular weight excluding hydrogens is 1200 g/mol. The van der Waals surface area contributed by atoms with E-state index in [1.54, 1.807) is 41.3 Å². The summed E-state index contributed by atoms with van der Waals surface area (Å²) in [6, 6.07) is 12.2. The number of nitrogen functional groups attached to an aromatic ring is 1. The molecule has 0 radical (unpaired) electrons. The van der Waals surface area contributed by atoms with Crippen molar-refractivity contribution in [1.29, 1.82) is 0 Å². The summed E-state index contributed by atoms with van der Waals surface area (Å²) in [4.78, 5) is 95.8. The second kappa shape index (κ2) is 31.3. The minimum Gasteiger partial charge on any atom is -0.493 e. The molecule has 3 aromatic rings. The molecule has 3 aliphatic heterocycles. The number of anilines is 2. The molecule has 24 nitrogen and oxygen atoms in total. The number of hydrogen-bond donors (Lipinski definition) is 2. The largest absolute Gasteiger partial charge is 0.493 e. The van der Waals surface area contributed by atoms with Crippen LogP contribution in [0.1, 0.15) is 134 Å². The summed E-state index contributed by atoms with van der Waals surface area (Å²) in [6.07, 6.45) is -3.67. The highest BCUT2D eigenvalue weighted by Gasteiger charge is 2.56. The Hall–Kier alpha value is -7.14. The van der Waals surface area contributed by atoms with E-state index in [0.29, 0.717) is 80.5 Å². The normalized spacial score (nSPS) is 20.3. The van der Waals surface area contributed by atoms with Crippen LogP contribution < -0.4 is 34.7 Å². The zero-order chi connectivity index (χ0) is 66.5. The molecule has 498 valence electrons. The topological polar surface area (TPSA) is 284 Å². The molecule has 0 aliphatic carbocycles. The number of ether oxygens (including phenoxy) is 11. The first kappa shape index (κ1) is 71.9. The molecule has 3 aliphatic rings. The number of nitrogens with one attached hydrogen (secondary N) is 1. The number of benzene rings is 3. The maximum absolute atomic E-state index is 14.7. The molecule has 3 amide bonds. The lowest BCUT2D eigenvalue weighted by atomic mass is 9.97. The van der Waals surface area contributed by atoms with Crippen LogP contribution in [-0.4, -0.2) is 172 Å². The molecule has 3 saturated heterocycles. The van der Waals surface area contributed by atoms with Crippen LogP contribution in [0.4, 0.5) is 16.2 Å². The van der Waals surface area contributed by atoms with Crippen molar-refractivity contribution in [1.82, 2.24) is 9.80 Å². The van der Waals surface area contributed by atoms with Crippen molar-refractivity contribution >= 4 is 69.8 Å². The molecule has 3 fully saturated rings. The zero-order valence-corrected chi connectivity index (χ0v) is 57.2. The SMILES string of the molecule is COC(=O)[C@H]1O[C@@H](Oc2ccc(COC(=O)Nc3cc(OCCCCCOc4cc(N)c(C(=O)N5CCC[C@H]5CO[Si](C)(C)C(C)(C)C)cc4OC)c(OC)cc3C(=O)N3CCC[C@H]3CO[Si](C)(C)C(C)(C)C)cc2)[C@H](OC(C)=O)[C@@H](OC(C)=O)[C@@H]1OC(C)=O. The van der Waals surface area contributed by atoms with Crippen molar-refractivity contribution in [2.24, 2.45) is 0 Å². The number of nitrogens with zero attached hydrogens (tertiary/aromatic N) is 2. The Morgan fingerprint density at radius 1 is 0.622 bits per heavy atom. The van der Waals surface area contributed by atoms with Gasteiger partial charge < -0.3 is 76.5 Å². The molecule has 3 N–H and O–H groups in total. The van der Waals surface area contributed by atoms with Gasteiger partial charge in [0.1, 0.15) is 12.4 Å². The van der Waals surface area contributed by atoms with E-state index in [-0.39, 0.29) is 75.7 Å². The van der Waals surface area contributed by atoms with Gasteiger partial charge in [0.15, 0.2) is 57.9 Å². The summed E-state index contributed by atoms with van der Waals surface area (Å²) < 4.78 is 75.8. The minimum absolute atomic E-state index is 0.0442. The van der Waals surface area contributed by atoms with E-state index < -0.39 is 77.3 Å². The fraction of sp³-hybridized carbons (Fsp3) is 0.609. The van der Waals surface area contributed by atoms with Crippen LogP contribution in [-0.2, 0) is 63.1 Å². The predicted molar refractivity (Wildman–Crippen MR) is 338 cm³/mol. The number of likely N-dealkylation sites (tertiary alicyclic amines) is 2. The molecule has 0 bridgehead atoms. The van der Waals surface area contributed by atoms with Crippen molar-refractivity contribution in [3.63, 3.8) is 0 Å². The number of carbonyl (C=O) groups is 7. The van der Waals surface area contributed by atoms with Crippen LogP contribution in [0.15, 0.2) is 48.5 Å². The van der Waals surface area contributed by atoms with Gasteiger partial charge in [0.25, 0.3) is 11.8 Å². The van der Waals surface area contributed by atoms with Gasteiger partial charge in [-0.1, -0.05) is 53.7 Å². The van der Waals surface area contributed by atoms with E-state index in [1.165, 1.54) is 26.4 Å². The lowest BCUT2D eigenvalue weighted by molar-refractivity contribution is -0.282. The first-order valence-electron chi connectivity index (χ1n) is 30.6. The molecule has 26 heteroatoms. The van der Waals surface area contributed by atoms with Gasteiger partial charge in [-0.25, -0.2) is 9.59 Å². The maximum atomic E-state index is 14.7. The first-order chi connectivity index (χ1) is 42.3. The fourth-order valence-corrected chi connectivity index (χ4v) is 12.1. The van der Waals surface area contributed by atoms with E-state index in [2.05, 4.69) is 73.0 Å². The van der Waals surface area contributed by atoms with Crippen LogP contribution in [0, 0.1) is 0 Å². The molecule has 6 rings (SSSR count). The first-order valence-corrected chi connectivity index (χ1v) is 36.4. The predicted octanol–water partition coefficient (Wildman–Crippen LogP) is 9.99. The number of rotatable bonds is 27. The Bertz CT molecular complexity index is 3000. The van der Waals surface area contributed by atoms with Gasteiger partial charge in [-0.2, -0.15) is 0 Å². The Labute approximate surface area is 530 Å². The number of hydrogen-bond acceptors (Lipinski definition) is 21. The number of nitrogens with two attached hydrogens (primary N) is 1. The highest BCUT2D eigenvalue weighted by atomic mass is 28.4. The molecular formula is C64H94N4O20Si2. The summed E-state index contributed by atoms with van der Waals surface area (Å²) >= 11 is 0. The van der Waals surface area contributed by atoms with Crippen molar-refractivity contribution < 1.29 is 94.5 Å². The van der Waals surface area contributed by atoms with Gasteiger partial charge >= 0.3 is 30.0 Å². The lowest BCUT2D eigenvalue weighted by Gasteiger charge is -2.43. The number of carbonyl (C=O) groups excluding carboxylic acids is 7. The van der Waals surface area contributed by atoms with E-state index in [0.717, 1.165) is 53.6 Å². The van der Waals surface area contributed by atoms with Gasteiger partial charge in [-0.15, -0.1) is 0 Å². The van der Waals surface area contributed by atoms with Crippen molar-refractivity contribution in [2.75, 3.05) is 71.9 Å². The molecule has 0 unspecified atom stereocenters. The van der Waals surface area contributed by atoms with Crippen molar-refractivity contribution in [3.05, 3.63) is 65.2 Å². The molecule has 90 heavy (non-hydrogen) atoms. The molecule has 0 spiro atoms. The Morgan fingerprint density at radius 2 is 1.10 bits per heavy atom. The summed E-state index contributed by atoms with van der Waals surface area (Å²) in [7, 11) is -0.124. The van der Waals surface area contributed by atoms with Crippen molar-refractivity contribution in [2.45, 2.75) is 193 Å². The van der Waals surface area contributed by atoms with Gasteiger partial charge in [-0.3, -0.25) is 29.3 Å². The third-order valence-corrected chi connectivity index (χ3v) is 26.2. The third kappa shape index (κ3) is 18.7. The Balaban J connectivity index is 1.12. The van der Waals surface area contributed by atoms with Gasteiger partial charge in [0.2, 0.25) is 12.4 Å². The van der Waals surface area contributed by atoms with Crippen LogP contribution in [0.25, 0.3) is 0 Å². The lowest BCUT2D eigenvalue weighted by Crippen LogP contribution is -2.64. The zero-order valence-electron chi connectivity index (χ0n) is 55.2. The van der Waals surface area contributed by atoms with E-state index in [4.69, 9.17) is 66.7 Å². The molecule has 7 atom stereocenters. The quantitative estimate of drug-likeness (QED) is 0.0236. The summed E-state index contributed by atoms with van der Waals surface area (Å²) in [6.45, 7) is 27.3. The van der Waals surface area contributed by atoms with E-state index in [1.807, 2.05) is 4.90 Å². The fourth-order valence-electron chi connectivity index (χ4n) is 10.1. The van der Waals surface area contributed by atoms with Crippen LogP contribution in [0.3, 0.4) is 0 Å². The van der Waals surface area contributed by atoms with Gasteiger partial charge in [0, 0.05) is 51.7 Å². The minimum atomic E-state index is -2.17.